The Labute approximate surface area is 239 Å². The molecule has 5 nitrogen and oxygen atoms in total. The van der Waals surface area contributed by atoms with Crippen LogP contribution in [0.1, 0.15) is 122 Å². The van der Waals surface area contributed by atoms with Crippen LogP contribution < -0.4 is 0 Å². The molecule has 0 aliphatic carbocycles. The second kappa shape index (κ2) is 25.9. The molecule has 39 heavy (non-hydrogen) atoms. The van der Waals surface area contributed by atoms with Crippen LogP contribution in [0.15, 0.2) is 12.2 Å². The Bertz CT molecular complexity index is 632. The fraction of sp³-hybridized carbons (Fsp3) is 0.871. The van der Waals surface area contributed by atoms with E-state index in [1.807, 2.05) is 6.92 Å². The lowest BCUT2D eigenvalue weighted by molar-refractivity contribution is -0.143. The van der Waals surface area contributed by atoms with E-state index in [4.69, 9.17) is 9.84 Å². The molecule has 0 bridgehead atoms. The summed E-state index contributed by atoms with van der Waals surface area (Å²) in [5, 5.41) is 8.75. The summed E-state index contributed by atoms with van der Waals surface area (Å²) in [6.45, 7) is 3.21. The number of carboxylic acid groups (broad SMARTS) is 1. The predicted octanol–water partition coefficient (Wildman–Crippen LogP) is 8.89. The number of carboxylic acids is 1. The van der Waals surface area contributed by atoms with Crippen molar-refractivity contribution in [3.8, 4) is 0 Å². The molecular formula is C31H58F2NO4P. The van der Waals surface area contributed by atoms with Gasteiger partial charge < -0.3 is 14.7 Å². The summed E-state index contributed by atoms with van der Waals surface area (Å²) in [5.41, 5.74) is 0. The highest BCUT2D eigenvalue weighted by Crippen LogP contribution is 2.39. The number of unbranched alkanes of at least 4 members (excludes halogenated alkanes) is 10. The van der Waals surface area contributed by atoms with Crippen molar-refractivity contribution in [2.24, 2.45) is 0 Å². The second-order valence-corrected chi connectivity index (χ2v) is 13.7. The number of allylic oxidation sites excluding steroid dienone is 1. The van der Waals surface area contributed by atoms with Crippen molar-refractivity contribution in [2.75, 3.05) is 45.7 Å². The minimum Gasteiger partial charge on any atom is -0.481 e. The van der Waals surface area contributed by atoms with Gasteiger partial charge in [-0.25, -0.2) is 8.78 Å². The molecule has 0 spiro atoms. The van der Waals surface area contributed by atoms with E-state index in [0.717, 1.165) is 57.6 Å². The average molecular weight is 578 g/mol. The van der Waals surface area contributed by atoms with Gasteiger partial charge >= 0.3 is 11.9 Å². The van der Waals surface area contributed by atoms with Crippen molar-refractivity contribution in [1.82, 2.24) is 4.90 Å². The summed E-state index contributed by atoms with van der Waals surface area (Å²) in [5.74, 6) is -3.69. The first-order chi connectivity index (χ1) is 18.7. The zero-order chi connectivity index (χ0) is 29.2. The molecule has 0 aliphatic heterocycles. The maximum Gasteiger partial charge on any atom is 0.305 e. The monoisotopic (exact) mass is 577 g/mol. The Hall–Kier alpha value is -1.07. The third-order valence-electron chi connectivity index (χ3n) is 6.82. The largest absolute Gasteiger partial charge is 0.481 e. The summed E-state index contributed by atoms with van der Waals surface area (Å²) < 4.78 is 32.3. The van der Waals surface area contributed by atoms with Crippen LogP contribution in [-0.2, 0) is 14.3 Å². The number of hydrogen-bond donors (Lipinski definition) is 1. The second-order valence-electron chi connectivity index (χ2n) is 11.1. The fourth-order valence-electron chi connectivity index (χ4n) is 4.44. The summed E-state index contributed by atoms with van der Waals surface area (Å²) in [6.07, 6.45) is 22.0. The molecule has 0 aromatic heterocycles. The fourth-order valence-corrected chi connectivity index (χ4v) is 7.12. The standard InChI is InChI=1S/C31H58F2NO4P/c1-4-5-22-31(32,33)23-14-16-25-38-30(37)21-13-9-7-11-18-27-39(28-19-15-24-34(2)3)26-17-10-6-8-12-20-29(35)36/h14,23H,4-13,15-22,24-28H2,1-3H3,(H,35,36)/b23-14-. The number of nitrogens with zero attached hydrogens (tertiary/aromatic N) is 1. The van der Waals surface area contributed by atoms with Gasteiger partial charge in [0.25, 0.3) is 5.92 Å². The maximum absolute atomic E-state index is 13.5. The summed E-state index contributed by atoms with van der Waals surface area (Å²) in [4.78, 5) is 24.8. The average Bonchev–Trinajstić information content (AvgIpc) is 2.87. The molecule has 0 rings (SSSR count). The number of carbonyl (C=O) groups is 2. The van der Waals surface area contributed by atoms with Crippen molar-refractivity contribution in [1.29, 1.82) is 0 Å². The molecule has 1 N–H and O–H groups in total. The van der Waals surface area contributed by atoms with Gasteiger partial charge in [0, 0.05) is 19.3 Å². The van der Waals surface area contributed by atoms with Gasteiger partial charge in [0.05, 0.1) is 6.61 Å². The molecule has 0 aromatic carbocycles. The molecule has 0 saturated heterocycles. The highest BCUT2D eigenvalue weighted by Gasteiger charge is 2.23. The van der Waals surface area contributed by atoms with E-state index < -0.39 is 11.9 Å². The SMILES string of the molecule is CCCCC(F)(F)/C=C\CCOC(=O)CCCCCCCP(CCCCCCCC(=O)O)CCCCN(C)C. The Morgan fingerprint density at radius 1 is 0.821 bits per heavy atom. The number of rotatable bonds is 28. The minimum atomic E-state index is -2.77. The van der Waals surface area contributed by atoms with Crippen LogP contribution in [0.4, 0.5) is 8.78 Å². The third-order valence-corrected chi connectivity index (χ3v) is 9.67. The normalized spacial score (nSPS) is 12.9. The first-order valence-corrected chi connectivity index (χ1v) is 17.4. The van der Waals surface area contributed by atoms with E-state index in [9.17, 15) is 18.4 Å². The van der Waals surface area contributed by atoms with Gasteiger partial charge in [0.15, 0.2) is 0 Å². The van der Waals surface area contributed by atoms with Crippen molar-refractivity contribution in [2.45, 2.75) is 128 Å². The number of halogens is 2. The zero-order valence-electron chi connectivity index (χ0n) is 25.2. The third kappa shape index (κ3) is 28.3. The van der Waals surface area contributed by atoms with E-state index >= 15 is 0 Å². The summed E-state index contributed by atoms with van der Waals surface area (Å²) >= 11 is 0. The molecule has 0 amide bonds. The number of ether oxygens (including phenoxy) is 1. The van der Waals surface area contributed by atoms with Gasteiger partial charge in [-0.3, -0.25) is 9.59 Å². The van der Waals surface area contributed by atoms with Crippen LogP contribution >= 0.6 is 7.92 Å². The Morgan fingerprint density at radius 3 is 1.92 bits per heavy atom. The molecule has 0 saturated carbocycles. The van der Waals surface area contributed by atoms with Gasteiger partial charge in [-0.1, -0.05) is 57.9 Å². The van der Waals surface area contributed by atoms with Gasteiger partial charge in [-0.2, -0.15) is 0 Å². The van der Waals surface area contributed by atoms with Crippen LogP contribution in [-0.4, -0.2) is 73.6 Å². The number of esters is 1. The van der Waals surface area contributed by atoms with Gasteiger partial charge in [-0.05, 0) is 96.6 Å². The lowest BCUT2D eigenvalue weighted by Gasteiger charge is -2.18. The van der Waals surface area contributed by atoms with Gasteiger partial charge in [0.1, 0.15) is 0 Å². The Morgan fingerprint density at radius 2 is 1.36 bits per heavy atom. The number of carbonyl (C=O) groups excluding carboxylic acids is 1. The first-order valence-electron chi connectivity index (χ1n) is 15.5. The van der Waals surface area contributed by atoms with Crippen LogP contribution in [0.2, 0.25) is 0 Å². The lowest BCUT2D eigenvalue weighted by atomic mass is 10.1. The zero-order valence-corrected chi connectivity index (χ0v) is 26.1. The van der Waals surface area contributed by atoms with Crippen LogP contribution in [0.25, 0.3) is 0 Å². The molecule has 1 unspecified atom stereocenters. The van der Waals surface area contributed by atoms with Gasteiger partial charge in [0.2, 0.25) is 0 Å². The number of alkyl halides is 2. The molecule has 1 atom stereocenters. The Balaban J connectivity index is 3.95. The molecule has 0 radical (unpaired) electrons. The number of aliphatic carboxylic acids is 1. The van der Waals surface area contributed by atoms with Gasteiger partial charge in [-0.15, -0.1) is 7.92 Å². The smallest absolute Gasteiger partial charge is 0.305 e. The highest BCUT2D eigenvalue weighted by molar-refractivity contribution is 7.57. The predicted molar refractivity (Wildman–Crippen MR) is 162 cm³/mol. The van der Waals surface area contributed by atoms with E-state index in [-0.39, 0.29) is 26.9 Å². The summed E-state index contributed by atoms with van der Waals surface area (Å²) in [6, 6.07) is 0. The van der Waals surface area contributed by atoms with E-state index in [1.54, 1.807) is 0 Å². The molecule has 0 heterocycles. The molecule has 0 fully saturated rings. The maximum atomic E-state index is 13.5. The van der Waals surface area contributed by atoms with Crippen LogP contribution in [0, 0.1) is 0 Å². The number of hydrogen-bond acceptors (Lipinski definition) is 4. The molecule has 0 aromatic rings. The quantitative estimate of drug-likeness (QED) is 0.0435. The van der Waals surface area contributed by atoms with E-state index in [2.05, 4.69) is 19.0 Å². The van der Waals surface area contributed by atoms with Crippen molar-refractivity contribution >= 4 is 19.9 Å². The van der Waals surface area contributed by atoms with Crippen LogP contribution in [0.3, 0.4) is 0 Å². The topological polar surface area (TPSA) is 66.8 Å². The minimum absolute atomic E-state index is 0.0786. The molecule has 230 valence electrons. The van der Waals surface area contributed by atoms with Crippen molar-refractivity contribution < 1.29 is 28.2 Å². The first kappa shape index (κ1) is 37.9. The van der Waals surface area contributed by atoms with Crippen LogP contribution in [0.5, 0.6) is 0 Å². The van der Waals surface area contributed by atoms with E-state index in [0.29, 0.717) is 25.7 Å². The van der Waals surface area contributed by atoms with Crippen molar-refractivity contribution in [3.63, 3.8) is 0 Å². The molecular weight excluding hydrogens is 519 g/mol. The highest BCUT2D eigenvalue weighted by atomic mass is 31.1. The lowest BCUT2D eigenvalue weighted by Crippen LogP contribution is -2.13. The van der Waals surface area contributed by atoms with E-state index in [1.165, 1.54) is 63.1 Å². The van der Waals surface area contributed by atoms with Crippen molar-refractivity contribution in [3.05, 3.63) is 12.2 Å². The molecule has 0 aliphatic rings. The molecule has 8 heteroatoms. The Kier molecular flexibility index (Phi) is 25.2. The summed E-state index contributed by atoms with van der Waals surface area (Å²) in [7, 11) is 4.34.